The highest BCUT2D eigenvalue weighted by atomic mass is 15.2. The van der Waals surface area contributed by atoms with Crippen molar-refractivity contribution in [2.24, 2.45) is 0 Å². The molecule has 0 aliphatic carbocycles. The van der Waals surface area contributed by atoms with Crippen molar-refractivity contribution in [3.8, 4) is 0 Å². The Hall–Kier alpha value is -1.68. The molecule has 2 aromatic heterocycles. The maximum atomic E-state index is 4.23. The molecule has 0 bridgehead atoms. The number of rotatable bonds is 3. The second-order valence-electron chi connectivity index (χ2n) is 4.95. The zero-order chi connectivity index (χ0) is 12.4. The van der Waals surface area contributed by atoms with E-state index < -0.39 is 0 Å². The van der Waals surface area contributed by atoms with Crippen LogP contribution in [0.4, 0.5) is 0 Å². The molecule has 1 N–H and O–H groups in total. The standard InChI is InChI=1S/C14H18N4/c1-11-8-16-17-13(11)10-18-7-3-5-14(18)12-4-2-6-15-9-12/h2,4,6,8-9,14H,3,5,7,10H2,1H3,(H,16,17). The second-order valence-corrected chi connectivity index (χ2v) is 4.95. The van der Waals surface area contributed by atoms with Gasteiger partial charge in [-0.3, -0.25) is 15.0 Å². The van der Waals surface area contributed by atoms with Crippen molar-refractivity contribution >= 4 is 0 Å². The molecule has 94 valence electrons. The van der Waals surface area contributed by atoms with Gasteiger partial charge in [0.15, 0.2) is 0 Å². The van der Waals surface area contributed by atoms with Gasteiger partial charge in [0.2, 0.25) is 0 Å². The molecule has 1 fully saturated rings. The van der Waals surface area contributed by atoms with Gasteiger partial charge in [0.1, 0.15) is 0 Å². The van der Waals surface area contributed by atoms with Gasteiger partial charge < -0.3 is 0 Å². The first-order valence-electron chi connectivity index (χ1n) is 6.47. The third-order valence-electron chi connectivity index (χ3n) is 3.73. The van der Waals surface area contributed by atoms with E-state index in [9.17, 15) is 0 Å². The molecule has 1 aliphatic rings. The van der Waals surface area contributed by atoms with Gasteiger partial charge in [-0.15, -0.1) is 0 Å². The predicted molar refractivity (Wildman–Crippen MR) is 69.9 cm³/mol. The average Bonchev–Trinajstić information content (AvgIpc) is 3.01. The molecule has 4 heteroatoms. The summed E-state index contributed by atoms with van der Waals surface area (Å²) >= 11 is 0. The SMILES string of the molecule is Cc1cn[nH]c1CN1CCCC1c1cccnc1. The van der Waals surface area contributed by atoms with Gasteiger partial charge >= 0.3 is 0 Å². The molecule has 1 aliphatic heterocycles. The predicted octanol–water partition coefficient (Wildman–Crippen LogP) is 2.45. The van der Waals surface area contributed by atoms with Crippen LogP contribution in [0, 0.1) is 6.92 Å². The van der Waals surface area contributed by atoms with Crippen LogP contribution in [0.25, 0.3) is 0 Å². The van der Waals surface area contributed by atoms with E-state index in [4.69, 9.17) is 0 Å². The summed E-state index contributed by atoms with van der Waals surface area (Å²) in [6.07, 6.45) is 8.20. The van der Waals surface area contributed by atoms with E-state index in [0.717, 1.165) is 13.1 Å². The number of aryl methyl sites for hydroxylation is 1. The monoisotopic (exact) mass is 242 g/mol. The van der Waals surface area contributed by atoms with E-state index in [0.29, 0.717) is 6.04 Å². The molecule has 3 rings (SSSR count). The highest BCUT2D eigenvalue weighted by Gasteiger charge is 2.26. The van der Waals surface area contributed by atoms with E-state index in [1.54, 1.807) is 0 Å². The smallest absolute Gasteiger partial charge is 0.0521 e. The van der Waals surface area contributed by atoms with Crippen molar-refractivity contribution in [1.29, 1.82) is 0 Å². The van der Waals surface area contributed by atoms with E-state index in [2.05, 4.69) is 33.1 Å². The molecular formula is C14H18N4. The quantitative estimate of drug-likeness (QED) is 0.899. The number of pyridine rings is 1. The summed E-state index contributed by atoms with van der Waals surface area (Å²) in [6.45, 7) is 4.21. The number of nitrogens with zero attached hydrogens (tertiary/aromatic N) is 3. The Morgan fingerprint density at radius 3 is 3.11 bits per heavy atom. The third kappa shape index (κ3) is 2.16. The molecule has 0 radical (unpaired) electrons. The Labute approximate surface area is 107 Å². The number of aromatic amines is 1. The van der Waals surface area contributed by atoms with Crippen molar-refractivity contribution < 1.29 is 0 Å². The maximum absolute atomic E-state index is 4.23. The van der Waals surface area contributed by atoms with Crippen LogP contribution in [0.1, 0.15) is 35.7 Å². The number of hydrogen-bond donors (Lipinski definition) is 1. The minimum absolute atomic E-state index is 0.501. The molecule has 2 aromatic rings. The van der Waals surface area contributed by atoms with Crippen molar-refractivity contribution in [1.82, 2.24) is 20.1 Å². The normalized spacial score (nSPS) is 20.4. The fourth-order valence-electron chi connectivity index (χ4n) is 2.70. The minimum atomic E-state index is 0.501. The summed E-state index contributed by atoms with van der Waals surface area (Å²) < 4.78 is 0. The van der Waals surface area contributed by atoms with Crippen LogP contribution in [0.5, 0.6) is 0 Å². The fraction of sp³-hybridized carbons (Fsp3) is 0.429. The van der Waals surface area contributed by atoms with Gasteiger partial charge in [-0.2, -0.15) is 5.10 Å². The van der Waals surface area contributed by atoms with Crippen LogP contribution < -0.4 is 0 Å². The third-order valence-corrected chi connectivity index (χ3v) is 3.73. The highest BCUT2D eigenvalue weighted by molar-refractivity contribution is 5.18. The summed E-state index contributed by atoms with van der Waals surface area (Å²) in [5.74, 6) is 0. The Morgan fingerprint density at radius 1 is 1.44 bits per heavy atom. The summed E-state index contributed by atoms with van der Waals surface area (Å²) in [6, 6.07) is 4.70. The molecule has 0 amide bonds. The van der Waals surface area contributed by atoms with Gasteiger partial charge in [-0.1, -0.05) is 6.07 Å². The lowest BCUT2D eigenvalue weighted by atomic mass is 10.1. The first-order chi connectivity index (χ1) is 8.84. The van der Waals surface area contributed by atoms with Crippen molar-refractivity contribution in [2.45, 2.75) is 32.4 Å². The minimum Gasteiger partial charge on any atom is -0.290 e. The van der Waals surface area contributed by atoms with Gasteiger partial charge in [-0.25, -0.2) is 0 Å². The van der Waals surface area contributed by atoms with Gasteiger partial charge in [0.25, 0.3) is 0 Å². The van der Waals surface area contributed by atoms with E-state index in [-0.39, 0.29) is 0 Å². The maximum Gasteiger partial charge on any atom is 0.0521 e. The Morgan fingerprint density at radius 2 is 2.39 bits per heavy atom. The first kappa shape index (κ1) is 11.4. The number of nitrogens with one attached hydrogen (secondary N) is 1. The number of H-pyrrole nitrogens is 1. The molecule has 18 heavy (non-hydrogen) atoms. The van der Waals surface area contributed by atoms with Gasteiger partial charge in [0, 0.05) is 25.0 Å². The van der Waals surface area contributed by atoms with Crippen LogP contribution in [0.15, 0.2) is 30.7 Å². The van der Waals surface area contributed by atoms with Crippen molar-refractivity contribution in [2.75, 3.05) is 6.54 Å². The summed E-state index contributed by atoms with van der Waals surface area (Å²) in [5.41, 5.74) is 3.80. The molecule has 1 atom stereocenters. The van der Waals surface area contributed by atoms with E-state index >= 15 is 0 Å². The molecule has 0 saturated carbocycles. The van der Waals surface area contributed by atoms with Crippen molar-refractivity contribution in [3.63, 3.8) is 0 Å². The molecule has 1 unspecified atom stereocenters. The van der Waals surface area contributed by atoms with Crippen LogP contribution in [0.3, 0.4) is 0 Å². The Bertz CT molecular complexity index is 506. The number of hydrogen-bond acceptors (Lipinski definition) is 3. The molecular weight excluding hydrogens is 224 g/mol. The zero-order valence-electron chi connectivity index (χ0n) is 10.6. The number of likely N-dealkylation sites (tertiary alicyclic amines) is 1. The van der Waals surface area contributed by atoms with E-state index in [1.807, 2.05) is 24.7 Å². The molecule has 4 nitrogen and oxygen atoms in total. The largest absolute Gasteiger partial charge is 0.290 e. The summed E-state index contributed by atoms with van der Waals surface area (Å²) in [4.78, 5) is 6.74. The van der Waals surface area contributed by atoms with Crippen LogP contribution in [0.2, 0.25) is 0 Å². The van der Waals surface area contributed by atoms with E-state index in [1.165, 1.54) is 29.7 Å². The topological polar surface area (TPSA) is 44.8 Å². The lowest BCUT2D eigenvalue weighted by Gasteiger charge is -2.24. The lowest BCUT2D eigenvalue weighted by molar-refractivity contribution is 0.244. The van der Waals surface area contributed by atoms with Crippen LogP contribution in [-0.2, 0) is 6.54 Å². The fourth-order valence-corrected chi connectivity index (χ4v) is 2.70. The highest BCUT2D eigenvalue weighted by Crippen LogP contribution is 2.32. The lowest BCUT2D eigenvalue weighted by Crippen LogP contribution is -2.23. The molecule has 3 heterocycles. The summed E-state index contributed by atoms with van der Waals surface area (Å²) in [7, 11) is 0. The van der Waals surface area contributed by atoms with Crippen molar-refractivity contribution in [3.05, 3.63) is 47.5 Å². The summed E-state index contributed by atoms with van der Waals surface area (Å²) in [5, 5.41) is 7.19. The average molecular weight is 242 g/mol. The van der Waals surface area contributed by atoms with Crippen LogP contribution in [-0.4, -0.2) is 26.6 Å². The number of aromatic nitrogens is 3. The Kier molecular flexibility index (Phi) is 3.11. The first-order valence-corrected chi connectivity index (χ1v) is 6.47. The molecule has 0 aromatic carbocycles. The molecule has 0 spiro atoms. The second kappa shape index (κ2) is 4.90. The van der Waals surface area contributed by atoms with Gasteiger partial charge in [0.05, 0.1) is 11.9 Å². The Balaban J connectivity index is 1.78. The van der Waals surface area contributed by atoms with Crippen LogP contribution >= 0.6 is 0 Å². The zero-order valence-corrected chi connectivity index (χ0v) is 10.6. The molecule has 1 saturated heterocycles. The van der Waals surface area contributed by atoms with Gasteiger partial charge in [-0.05, 0) is 43.5 Å².